The van der Waals surface area contributed by atoms with E-state index in [-0.39, 0.29) is 6.54 Å². The van der Waals surface area contributed by atoms with E-state index >= 15 is 0 Å². The van der Waals surface area contributed by atoms with Gasteiger partial charge in [0.25, 0.3) is 0 Å². The molecule has 0 aliphatic heterocycles. The smallest absolute Gasteiger partial charge is 0.163 e. The van der Waals surface area contributed by atoms with Gasteiger partial charge in [0.1, 0.15) is 0 Å². The molecule has 0 bridgehead atoms. The summed E-state index contributed by atoms with van der Waals surface area (Å²) in [6, 6.07) is 4.15. The summed E-state index contributed by atoms with van der Waals surface area (Å²) < 4.78 is 26.4. The molecule has 0 radical (unpaired) electrons. The average Bonchev–Trinajstić information content (AvgIpc) is 2.62. The Hall–Kier alpha value is -1.91. The Morgan fingerprint density at radius 1 is 1.29 bits per heavy atom. The minimum Gasteiger partial charge on any atom is -0.378 e. The summed E-state index contributed by atoms with van der Waals surface area (Å²) in [4.78, 5) is 0. The third kappa shape index (κ3) is 2.27. The van der Waals surface area contributed by atoms with E-state index in [0.29, 0.717) is 5.56 Å². The van der Waals surface area contributed by atoms with Gasteiger partial charge in [-0.05, 0) is 19.9 Å². The van der Waals surface area contributed by atoms with Crippen molar-refractivity contribution in [3.8, 4) is 0 Å². The van der Waals surface area contributed by atoms with E-state index in [4.69, 9.17) is 0 Å². The molecule has 90 valence electrons. The fourth-order valence-electron chi connectivity index (χ4n) is 1.68. The van der Waals surface area contributed by atoms with Gasteiger partial charge in [-0.15, -0.1) is 0 Å². The van der Waals surface area contributed by atoms with Crippen LogP contribution in [0.1, 0.15) is 17.0 Å². The SMILES string of the molecule is Cc1n[nH]c(C)c1NCc1cccc(F)c1F. The van der Waals surface area contributed by atoms with Crippen molar-refractivity contribution in [2.75, 3.05) is 5.32 Å². The molecule has 2 aromatic rings. The number of hydrogen-bond donors (Lipinski definition) is 2. The fraction of sp³-hybridized carbons (Fsp3) is 0.250. The van der Waals surface area contributed by atoms with E-state index in [1.807, 2.05) is 13.8 Å². The molecule has 1 aromatic heterocycles. The number of benzene rings is 1. The molecule has 0 aliphatic rings. The molecule has 1 heterocycles. The first-order chi connectivity index (χ1) is 8.09. The molecule has 0 saturated heterocycles. The zero-order valence-corrected chi connectivity index (χ0v) is 9.64. The van der Waals surface area contributed by atoms with Gasteiger partial charge in [0.05, 0.1) is 17.1 Å². The zero-order valence-electron chi connectivity index (χ0n) is 9.64. The Bertz CT molecular complexity index is 515. The number of halogens is 2. The van der Waals surface area contributed by atoms with Crippen LogP contribution in [-0.4, -0.2) is 10.2 Å². The van der Waals surface area contributed by atoms with Crippen molar-refractivity contribution in [3.05, 3.63) is 46.8 Å². The lowest BCUT2D eigenvalue weighted by Gasteiger charge is -2.07. The van der Waals surface area contributed by atoms with Crippen LogP contribution in [-0.2, 0) is 6.54 Å². The molecular weight excluding hydrogens is 224 g/mol. The third-order valence-corrected chi connectivity index (χ3v) is 2.62. The van der Waals surface area contributed by atoms with Crippen molar-refractivity contribution in [1.82, 2.24) is 10.2 Å². The predicted octanol–water partition coefficient (Wildman–Crippen LogP) is 2.92. The van der Waals surface area contributed by atoms with Crippen LogP contribution in [0.2, 0.25) is 0 Å². The highest BCUT2D eigenvalue weighted by atomic mass is 19.2. The van der Waals surface area contributed by atoms with Crippen LogP contribution in [0.25, 0.3) is 0 Å². The van der Waals surface area contributed by atoms with Crippen molar-refractivity contribution in [1.29, 1.82) is 0 Å². The minimum atomic E-state index is -0.829. The molecule has 0 saturated carbocycles. The number of nitrogens with one attached hydrogen (secondary N) is 2. The van der Waals surface area contributed by atoms with E-state index < -0.39 is 11.6 Å². The molecule has 0 aliphatic carbocycles. The molecule has 0 unspecified atom stereocenters. The molecule has 2 rings (SSSR count). The van der Waals surface area contributed by atoms with Gasteiger partial charge < -0.3 is 5.32 Å². The van der Waals surface area contributed by atoms with Crippen LogP contribution >= 0.6 is 0 Å². The second kappa shape index (κ2) is 4.53. The summed E-state index contributed by atoms with van der Waals surface area (Å²) in [6.45, 7) is 3.93. The third-order valence-electron chi connectivity index (χ3n) is 2.62. The molecule has 2 N–H and O–H groups in total. The van der Waals surface area contributed by atoms with Gasteiger partial charge in [-0.3, -0.25) is 5.10 Å². The topological polar surface area (TPSA) is 40.7 Å². The Labute approximate surface area is 97.9 Å². The summed E-state index contributed by atoms with van der Waals surface area (Å²) in [7, 11) is 0. The average molecular weight is 237 g/mol. The number of aryl methyl sites for hydroxylation is 2. The molecule has 17 heavy (non-hydrogen) atoms. The molecule has 1 aromatic carbocycles. The lowest BCUT2D eigenvalue weighted by molar-refractivity contribution is 0.500. The van der Waals surface area contributed by atoms with Crippen LogP contribution in [0, 0.1) is 25.5 Å². The maximum atomic E-state index is 13.4. The first-order valence-corrected chi connectivity index (χ1v) is 5.28. The highest BCUT2D eigenvalue weighted by Crippen LogP contribution is 2.18. The lowest BCUT2D eigenvalue weighted by Crippen LogP contribution is -2.04. The van der Waals surface area contributed by atoms with Gasteiger partial charge in [-0.1, -0.05) is 12.1 Å². The van der Waals surface area contributed by atoms with Crippen molar-refractivity contribution < 1.29 is 8.78 Å². The van der Waals surface area contributed by atoms with Gasteiger partial charge in [-0.25, -0.2) is 8.78 Å². The van der Waals surface area contributed by atoms with Crippen molar-refractivity contribution in [3.63, 3.8) is 0 Å². The highest BCUT2D eigenvalue weighted by Gasteiger charge is 2.09. The maximum Gasteiger partial charge on any atom is 0.163 e. The molecule has 3 nitrogen and oxygen atoms in total. The molecular formula is C12H13F2N3. The summed E-state index contributed by atoms with van der Waals surface area (Å²) in [6.07, 6.45) is 0. The molecule has 0 atom stereocenters. The van der Waals surface area contributed by atoms with E-state index in [9.17, 15) is 8.78 Å². The van der Waals surface area contributed by atoms with Crippen LogP contribution in [0.4, 0.5) is 14.5 Å². The van der Waals surface area contributed by atoms with Crippen LogP contribution in [0.5, 0.6) is 0 Å². The zero-order chi connectivity index (χ0) is 12.4. The largest absolute Gasteiger partial charge is 0.378 e. The van der Waals surface area contributed by atoms with E-state index in [2.05, 4.69) is 15.5 Å². The van der Waals surface area contributed by atoms with E-state index in [1.165, 1.54) is 6.07 Å². The Balaban J connectivity index is 2.15. The lowest BCUT2D eigenvalue weighted by atomic mass is 10.2. The Morgan fingerprint density at radius 2 is 2.06 bits per heavy atom. The van der Waals surface area contributed by atoms with Crippen molar-refractivity contribution >= 4 is 5.69 Å². The number of hydrogen-bond acceptors (Lipinski definition) is 2. The monoisotopic (exact) mass is 237 g/mol. The number of nitrogens with zero attached hydrogens (tertiary/aromatic N) is 1. The van der Waals surface area contributed by atoms with Crippen LogP contribution < -0.4 is 5.32 Å². The number of anilines is 1. The van der Waals surface area contributed by atoms with Gasteiger partial charge in [-0.2, -0.15) is 5.10 Å². The summed E-state index contributed by atoms with van der Waals surface area (Å²) >= 11 is 0. The number of rotatable bonds is 3. The molecule has 5 heteroatoms. The minimum absolute atomic E-state index is 0.227. The molecule has 0 spiro atoms. The fourth-order valence-corrected chi connectivity index (χ4v) is 1.68. The first-order valence-electron chi connectivity index (χ1n) is 5.28. The van der Waals surface area contributed by atoms with Crippen LogP contribution in [0.3, 0.4) is 0 Å². The Kier molecular flexibility index (Phi) is 3.08. The molecule has 0 fully saturated rings. The van der Waals surface area contributed by atoms with Gasteiger partial charge in [0.2, 0.25) is 0 Å². The summed E-state index contributed by atoms with van der Waals surface area (Å²) in [5.41, 5.74) is 2.80. The maximum absolute atomic E-state index is 13.4. The van der Waals surface area contributed by atoms with E-state index in [1.54, 1.807) is 6.07 Å². The van der Waals surface area contributed by atoms with Crippen molar-refractivity contribution in [2.24, 2.45) is 0 Å². The normalized spacial score (nSPS) is 10.6. The number of aromatic amines is 1. The quantitative estimate of drug-likeness (QED) is 0.861. The summed E-state index contributed by atoms with van der Waals surface area (Å²) in [5.74, 6) is -1.64. The van der Waals surface area contributed by atoms with Gasteiger partial charge in [0.15, 0.2) is 11.6 Å². The number of H-pyrrole nitrogens is 1. The second-order valence-corrected chi connectivity index (χ2v) is 3.88. The van der Waals surface area contributed by atoms with E-state index in [0.717, 1.165) is 23.1 Å². The van der Waals surface area contributed by atoms with Gasteiger partial charge >= 0.3 is 0 Å². The number of aromatic nitrogens is 2. The second-order valence-electron chi connectivity index (χ2n) is 3.88. The van der Waals surface area contributed by atoms with Gasteiger partial charge in [0, 0.05) is 12.1 Å². The predicted molar refractivity (Wildman–Crippen MR) is 61.7 cm³/mol. The first kappa shape index (κ1) is 11.6. The molecule has 0 amide bonds. The highest BCUT2D eigenvalue weighted by molar-refractivity contribution is 5.51. The Morgan fingerprint density at radius 3 is 2.71 bits per heavy atom. The standard InChI is InChI=1S/C12H13F2N3/c1-7-12(8(2)17-16-7)15-6-9-4-3-5-10(13)11(9)14/h3-5,15H,6H2,1-2H3,(H,16,17). The summed E-state index contributed by atoms with van der Waals surface area (Å²) in [5, 5.41) is 9.88. The van der Waals surface area contributed by atoms with Crippen molar-refractivity contribution in [2.45, 2.75) is 20.4 Å². The van der Waals surface area contributed by atoms with Crippen LogP contribution in [0.15, 0.2) is 18.2 Å².